The number of halogens is 1. The van der Waals surface area contributed by atoms with Gasteiger partial charge >= 0.3 is 0 Å². The van der Waals surface area contributed by atoms with Gasteiger partial charge in [-0.05, 0) is 13.0 Å². The van der Waals surface area contributed by atoms with E-state index in [-0.39, 0.29) is 18.3 Å². The van der Waals surface area contributed by atoms with Crippen LogP contribution < -0.4 is 4.74 Å². The fourth-order valence-electron chi connectivity index (χ4n) is 1.16. The van der Waals surface area contributed by atoms with E-state index in [1.807, 2.05) is 0 Å². The van der Waals surface area contributed by atoms with Crippen LogP contribution in [0.3, 0.4) is 0 Å². The summed E-state index contributed by atoms with van der Waals surface area (Å²) in [5.41, 5.74) is 0.588. The highest BCUT2D eigenvalue weighted by Gasteiger charge is 2.13. The smallest absolute Gasteiger partial charge is 0.165 e. The predicted molar refractivity (Wildman–Crippen MR) is 48.1 cm³/mol. The van der Waals surface area contributed by atoms with E-state index in [2.05, 4.69) is 6.92 Å². The minimum Gasteiger partial charge on any atom is -0.493 e. The second kappa shape index (κ2) is 4.23. The Hall–Kier alpha value is -1.09. The zero-order valence-electron chi connectivity index (χ0n) is 7.46. The van der Waals surface area contributed by atoms with Crippen molar-refractivity contribution in [1.29, 1.82) is 0 Å². The van der Waals surface area contributed by atoms with Crippen molar-refractivity contribution in [2.45, 2.75) is 5.92 Å². The van der Waals surface area contributed by atoms with E-state index < -0.39 is 5.82 Å². The van der Waals surface area contributed by atoms with Gasteiger partial charge in [0.2, 0.25) is 0 Å². The van der Waals surface area contributed by atoms with Gasteiger partial charge in [0.25, 0.3) is 0 Å². The molecule has 71 valence electrons. The zero-order chi connectivity index (χ0) is 9.84. The first-order valence-electron chi connectivity index (χ1n) is 3.97. The number of aliphatic hydroxyl groups is 1. The van der Waals surface area contributed by atoms with Crippen molar-refractivity contribution in [3.63, 3.8) is 0 Å². The summed E-state index contributed by atoms with van der Waals surface area (Å²) >= 11 is 0. The van der Waals surface area contributed by atoms with Crippen LogP contribution in [0.25, 0.3) is 0 Å². The summed E-state index contributed by atoms with van der Waals surface area (Å²) in [6.07, 6.45) is 0. The van der Waals surface area contributed by atoms with Crippen molar-refractivity contribution in [1.82, 2.24) is 0 Å². The Morgan fingerprint density at radius 1 is 1.62 bits per heavy atom. The van der Waals surface area contributed by atoms with E-state index in [4.69, 9.17) is 9.84 Å². The standard InChI is InChI=1S/C10H12FO2/c1-7(6-12)8-4-3-5-9(11)10(8)13-2/h3-5,7,12H,1,6H2,2H3. The molecule has 0 aliphatic rings. The number of hydrogen-bond donors (Lipinski definition) is 1. The molecule has 0 aromatic heterocycles. The molecule has 0 bridgehead atoms. The van der Waals surface area contributed by atoms with Gasteiger partial charge < -0.3 is 9.84 Å². The normalized spacial score (nSPS) is 12.6. The highest BCUT2D eigenvalue weighted by Crippen LogP contribution is 2.28. The summed E-state index contributed by atoms with van der Waals surface area (Å²) in [5.74, 6) is -0.621. The largest absolute Gasteiger partial charge is 0.493 e. The first-order valence-corrected chi connectivity index (χ1v) is 3.97. The van der Waals surface area contributed by atoms with Gasteiger partial charge in [0, 0.05) is 11.5 Å². The maximum atomic E-state index is 13.1. The first kappa shape index (κ1) is 9.99. The molecule has 1 N–H and O–H groups in total. The lowest BCUT2D eigenvalue weighted by molar-refractivity contribution is 0.278. The van der Waals surface area contributed by atoms with Crippen LogP contribution in [0.2, 0.25) is 0 Å². The van der Waals surface area contributed by atoms with Gasteiger partial charge in [-0.15, -0.1) is 0 Å². The molecule has 0 saturated heterocycles. The van der Waals surface area contributed by atoms with Crippen LogP contribution in [0.15, 0.2) is 18.2 Å². The summed E-state index contributed by atoms with van der Waals surface area (Å²) in [6, 6.07) is 4.57. The molecule has 3 heteroatoms. The van der Waals surface area contributed by atoms with Crippen LogP contribution in [0.4, 0.5) is 4.39 Å². The number of aliphatic hydroxyl groups excluding tert-OH is 1. The topological polar surface area (TPSA) is 29.5 Å². The quantitative estimate of drug-likeness (QED) is 0.773. The van der Waals surface area contributed by atoms with Crippen molar-refractivity contribution in [2.24, 2.45) is 0 Å². The molecule has 1 aromatic carbocycles. The minimum atomic E-state index is -0.429. The molecule has 1 radical (unpaired) electrons. The molecule has 1 aromatic rings. The van der Waals surface area contributed by atoms with E-state index in [0.717, 1.165) is 0 Å². The Morgan fingerprint density at radius 3 is 2.85 bits per heavy atom. The number of benzene rings is 1. The molecule has 0 aliphatic heterocycles. The lowest BCUT2D eigenvalue weighted by Crippen LogP contribution is -2.03. The number of methoxy groups -OCH3 is 1. The lowest BCUT2D eigenvalue weighted by atomic mass is 10.0. The van der Waals surface area contributed by atoms with Gasteiger partial charge in [-0.1, -0.05) is 12.1 Å². The highest BCUT2D eigenvalue weighted by atomic mass is 19.1. The van der Waals surface area contributed by atoms with Crippen molar-refractivity contribution >= 4 is 0 Å². The van der Waals surface area contributed by atoms with E-state index in [1.54, 1.807) is 12.1 Å². The van der Waals surface area contributed by atoms with Crippen molar-refractivity contribution < 1.29 is 14.2 Å². The van der Waals surface area contributed by atoms with Gasteiger partial charge in [-0.2, -0.15) is 0 Å². The Morgan fingerprint density at radius 2 is 2.31 bits per heavy atom. The van der Waals surface area contributed by atoms with E-state index in [1.165, 1.54) is 13.2 Å². The number of hydrogen-bond acceptors (Lipinski definition) is 2. The van der Waals surface area contributed by atoms with Gasteiger partial charge in [0.05, 0.1) is 13.7 Å². The maximum absolute atomic E-state index is 13.1. The van der Waals surface area contributed by atoms with Crippen LogP contribution in [-0.2, 0) is 0 Å². The second-order valence-electron chi connectivity index (χ2n) is 2.74. The number of para-hydroxylation sites is 1. The van der Waals surface area contributed by atoms with Gasteiger partial charge in [-0.25, -0.2) is 4.39 Å². The zero-order valence-corrected chi connectivity index (χ0v) is 7.46. The minimum absolute atomic E-state index is 0.125. The summed E-state index contributed by atoms with van der Waals surface area (Å²) in [6.45, 7) is 3.55. The fourth-order valence-corrected chi connectivity index (χ4v) is 1.16. The van der Waals surface area contributed by atoms with Crippen LogP contribution >= 0.6 is 0 Å². The summed E-state index contributed by atoms with van der Waals surface area (Å²) < 4.78 is 18.0. The fraction of sp³-hybridized carbons (Fsp3) is 0.300. The molecule has 1 atom stereocenters. The molecular formula is C10H12FO2. The lowest BCUT2D eigenvalue weighted by Gasteiger charge is -2.13. The van der Waals surface area contributed by atoms with Crippen molar-refractivity contribution in [3.05, 3.63) is 36.5 Å². The highest BCUT2D eigenvalue weighted by molar-refractivity contribution is 5.38. The predicted octanol–water partition coefficient (Wildman–Crippen LogP) is 1.74. The second-order valence-corrected chi connectivity index (χ2v) is 2.74. The van der Waals surface area contributed by atoms with E-state index >= 15 is 0 Å². The van der Waals surface area contributed by atoms with E-state index in [0.29, 0.717) is 5.56 Å². The molecule has 1 rings (SSSR count). The van der Waals surface area contributed by atoms with Crippen LogP contribution in [0.1, 0.15) is 11.5 Å². The third-order valence-corrected chi connectivity index (χ3v) is 1.86. The molecule has 0 amide bonds. The molecule has 0 spiro atoms. The molecule has 0 saturated carbocycles. The van der Waals surface area contributed by atoms with Crippen LogP contribution in [-0.4, -0.2) is 18.8 Å². The van der Waals surface area contributed by atoms with Crippen LogP contribution in [0.5, 0.6) is 5.75 Å². The molecular weight excluding hydrogens is 171 g/mol. The van der Waals surface area contributed by atoms with Gasteiger partial charge in [0.1, 0.15) is 0 Å². The first-order chi connectivity index (χ1) is 6.20. The SMILES string of the molecule is [CH2]C(CO)c1cccc(F)c1OC. The summed E-state index contributed by atoms with van der Waals surface area (Å²) in [5, 5.41) is 8.86. The average molecular weight is 183 g/mol. The Bertz CT molecular complexity index is 286. The third-order valence-electron chi connectivity index (χ3n) is 1.86. The third kappa shape index (κ3) is 1.98. The Labute approximate surface area is 77.0 Å². The van der Waals surface area contributed by atoms with Crippen molar-refractivity contribution in [2.75, 3.05) is 13.7 Å². The van der Waals surface area contributed by atoms with Gasteiger partial charge in [0.15, 0.2) is 11.6 Å². The average Bonchev–Trinajstić information content (AvgIpc) is 2.16. The van der Waals surface area contributed by atoms with Crippen LogP contribution in [0, 0.1) is 12.7 Å². The Kier molecular flexibility index (Phi) is 3.25. The molecule has 1 unspecified atom stereocenters. The summed E-state index contributed by atoms with van der Waals surface area (Å²) in [4.78, 5) is 0. The molecule has 0 fully saturated rings. The molecule has 0 heterocycles. The maximum Gasteiger partial charge on any atom is 0.165 e. The Balaban J connectivity index is 3.12. The van der Waals surface area contributed by atoms with Gasteiger partial charge in [-0.3, -0.25) is 0 Å². The molecule has 0 aliphatic carbocycles. The number of ether oxygens (including phenoxy) is 1. The molecule has 13 heavy (non-hydrogen) atoms. The van der Waals surface area contributed by atoms with Crippen molar-refractivity contribution in [3.8, 4) is 5.75 Å². The number of rotatable bonds is 3. The summed E-state index contributed by atoms with van der Waals surface area (Å²) in [7, 11) is 1.39. The monoisotopic (exact) mass is 183 g/mol. The molecule has 2 nitrogen and oxygen atoms in total. The van der Waals surface area contributed by atoms with E-state index in [9.17, 15) is 4.39 Å².